The largest absolute Gasteiger partial charge is 0.458 e. The molecule has 1 heterocycles. The van der Waals surface area contributed by atoms with Crippen LogP contribution in [0, 0.1) is 22.7 Å². The maximum absolute atomic E-state index is 14.1. The molecule has 0 spiro atoms. The molecule has 0 aromatic heterocycles. The molecule has 5 rings (SSSR count). The molecule has 8 unspecified atom stereocenters. The molecule has 10 heteroatoms. The van der Waals surface area contributed by atoms with Crippen molar-refractivity contribution in [1.82, 2.24) is 5.32 Å². The fourth-order valence-corrected chi connectivity index (χ4v) is 8.04. The predicted octanol–water partition coefficient (Wildman–Crippen LogP) is 3.77. The SMILES string of the molecule is CC1=C2C(O)C(=O)C3(C)C(O)CC4OCC4C3CC(O)(C[C@@H]1OC(=O)CC(NC(=O)OC(C)(C)C)c1ccccc1)C2(C)C. The fraction of sp³-hybridized carbons (Fsp3) is 0.676. The summed E-state index contributed by atoms with van der Waals surface area (Å²) in [6.07, 6.45) is -4.09. The van der Waals surface area contributed by atoms with Gasteiger partial charge in [-0.2, -0.15) is 0 Å². The van der Waals surface area contributed by atoms with E-state index in [9.17, 15) is 29.7 Å². The molecule has 0 radical (unpaired) electrons. The number of rotatable bonds is 5. The molecule has 4 aliphatic rings. The smallest absolute Gasteiger partial charge is 0.408 e. The topological polar surface area (TPSA) is 152 Å². The molecule has 2 saturated carbocycles. The van der Waals surface area contributed by atoms with Gasteiger partial charge in [-0.25, -0.2) is 4.79 Å². The minimum Gasteiger partial charge on any atom is -0.458 e. The number of benzene rings is 1. The third-order valence-electron chi connectivity index (χ3n) is 10.8. The van der Waals surface area contributed by atoms with Crippen molar-refractivity contribution < 1.29 is 43.9 Å². The van der Waals surface area contributed by atoms with Crippen LogP contribution in [0.5, 0.6) is 0 Å². The number of ketones is 1. The van der Waals surface area contributed by atoms with Gasteiger partial charge in [0, 0.05) is 24.2 Å². The van der Waals surface area contributed by atoms with Gasteiger partial charge >= 0.3 is 12.1 Å². The van der Waals surface area contributed by atoms with E-state index in [-0.39, 0.29) is 31.3 Å². The number of carbonyl (C=O) groups is 3. The van der Waals surface area contributed by atoms with Crippen LogP contribution in [0.3, 0.4) is 0 Å². The monoisotopic (exact) mass is 613 g/mol. The van der Waals surface area contributed by atoms with Gasteiger partial charge in [-0.3, -0.25) is 9.59 Å². The quantitative estimate of drug-likeness (QED) is 0.287. The van der Waals surface area contributed by atoms with Crippen LogP contribution in [0.1, 0.15) is 85.8 Å². The summed E-state index contributed by atoms with van der Waals surface area (Å²) in [5.74, 6) is -1.58. The Morgan fingerprint density at radius 2 is 1.77 bits per heavy atom. The van der Waals surface area contributed by atoms with Crippen molar-refractivity contribution in [1.29, 1.82) is 0 Å². The number of amides is 1. The summed E-state index contributed by atoms with van der Waals surface area (Å²) in [5, 5.41) is 38.1. The first-order valence-corrected chi connectivity index (χ1v) is 15.6. The van der Waals surface area contributed by atoms with Crippen LogP contribution in [0.2, 0.25) is 0 Å². The van der Waals surface area contributed by atoms with E-state index in [2.05, 4.69) is 5.32 Å². The molecule has 2 bridgehead atoms. The second-order valence-corrected chi connectivity index (χ2v) is 14.9. The van der Waals surface area contributed by atoms with Gasteiger partial charge in [-0.15, -0.1) is 0 Å². The molecule has 1 aliphatic heterocycles. The molecule has 1 amide bonds. The molecule has 242 valence electrons. The highest BCUT2D eigenvalue weighted by Gasteiger charge is 2.67. The molecule has 3 fully saturated rings. The second-order valence-electron chi connectivity index (χ2n) is 14.9. The van der Waals surface area contributed by atoms with Crippen molar-refractivity contribution in [3.63, 3.8) is 0 Å². The van der Waals surface area contributed by atoms with Gasteiger partial charge < -0.3 is 34.8 Å². The Morgan fingerprint density at radius 1 is 1.11 bits per heavy atom. The van der Waals surface area contributed by atoms with Crippen molar-refractivity contribution in [2.75, 3.05) is 6.61 Å². The number of hydrogen-bond acceptors (Lipinski definition) is 9. The average Bonchev–Trinajstić information content (AvgIpc) is 2.90. The van der Waals surface area contributed by atoms with Crippen LogP contribution in [-0.2, 0) is 23.8 Å². The number of carbonyl (C=O) groups excluding carboxylic acids is 3. The number of aliphatic hydroxyl groups is 3. The molecule has 10 nitrogen and oxygen atoms in total. The van der Waals surface area contributed by atoms with Gasteiger partial charge in [-0.1, -0.05) is 44.2 Å². The summed E-state index contributed by atoms with van der Waals surface area (Å²) in [7, 11) is 0. The lowest BCUT2D eigenvalue weighted by Gasteiger charge is -2.62. The van der Waals surface area contributed by atoms with E-state index in [1.54, 1.807) is 58.9 Å². The van der Waals surface area contributed by atoms with Gasteiger partial charge in [-0.05, 0) is 63.7 Å². The molecule has 44 heavy (non-hydrogen) atoms. The molecule has 3 aliphatic carbocycles. The summed E-state index contributed by atoms with van der Waals surface area (Å²) in [6, 6.07) is 8.28. The van der Waals surface area contributed by atoms with Crippen molar-refractivity contribution >= 4 is 17.8 Å². The van der Waals surface area contributed by atoms with Gasteiger partial charge in [0.2, 0.25) is 0 Å². The van der Waals surface area contributed by atoms with Crippen LogP contribution >= 0.6 is 0 Å². The molecule has 4 N–H and O–H groups in total. The minimum atomic E-state index is -1.59. The molecule has 1 saturated heterocycles. The van der Waals surface area contributed by atoms with E-state index < -0.39 is 70.1 Å². The third-order valence-corrected chi connectivity index (χ3v) is 10.8. The predicted molar refractivity (Wildman–Crippen MR) is 160 cm³/mol. The average molecular weight is 614 g/mol. The van der Waals surface area contributed by atoms with Crippen molar-refractivity contribution in [2.24, 2.45) is 22.7 Å². The van der Waals surface area contributed by atoms with Gasteiger partial charge in [0.25, 0.3) is 0 Å². The number of nitrogens with one attached hydrogen (secondary N) is 1. The normalized spacial score (nSPS) is 36.9. The van der Waals surface area contributed by atoms with E-state index in [0.29, 0.717) is 29.7 Å². The lowest BCUT2D eigenvalue weighted by Crippen LogP contribution is -2.69. The van der Waals surface area contributed by atoms with Crippen LogP contribution in [0.15, 0.2) is 41.5 Å². The zero-order valence-electron chi connectivity index (χ0n) is 26.8. The zero-order valence-corrected chi connectivity index (χ0v) is 26.8. The summed E-state index contributed by atoms with van der Waals surface area (Å²) in [5.41, 5.74) is -2.98. The molecule has 1 aromatic carbocycles. The van der Waals surface area contributed by atoms with E-state index in [4.69, 9.17) is 14.2 Å². The summed E-state index contributed by atoms with van der Waals surface area (Å²) >= 11 is 0. The minimum absolute atomic E-state index is 0.0421. The summed E-state index contributed by atoms with van der Waals surface area (Å²) in [4.78, 5) is 40.3. The number of ether oxygens (including phenoxy) is 3. The fourth-order valence-electron chi connectivity index (χ4n) is 8.04. The third kappa shape index (κ3) is 5.48. The Balaban J connectivity index is 1.45. The molecular weight excluding hydrogens is 566 g/mol. The zero-order chi connectivity index (χ0) is 32.4. The standard InChI is InChI=1S/C34H47NO9/c1-18-24(43-26(37)13-22(19-11-9-8-10-12-19)35-30(40)44-31(2,3)4)16-34(41)15-21-20-17-42-23(20)14-25(36)33(21,7)29(39)28(38)27(18)32(34,5)6/h8-12,20-25,28,36,38,41H,13-17H2,1-7H3,(H,35,40)/t20?,21?,22?,23?,24-,25?,28?,33?,34?/m0/s1. The number of Topliss-reactive ketones (excluding diaryl/α,β-unsaturated/α-hetero) is 1. The Kier molecular flexibility index (Phi) is 8.32. The molecular formula is C34H47NO9. The van der Waals surface area contributed by atoms with Crippen LogP contribution in [0.25, 0.3) is 0 Å². The van der Waals surface area contributed by atoms with E-state index in [0.717, 1.165) is 0 Å². The van der Waals surface area contributed by atoms with Gasteiger partial charge in [0.1, 0.15) is 17.8 Å². The first kappa shape index (κ1) is 32.6. The van der Waals surface area contributed by atoms with Crippen LogP contribution in [-0.4, -0.2) is 75.4 Å². The Bertz CT molecular complexity index is 1330. The summed E-state index contributed by atoms with van der Waals surface area (Å²) < 4.78 is 17.1. The second kappa shape index (κ2) is 11.2. The first-order valence-electron chi connectivity index (χ1n) is 15.6. The number of esters is 1. The lowest BCUT2D eigenvalue weighted by atomic mass is 9.47. The van der Waals surface area contributed by atoms with Crippen molar-refractivity contribution in [2.45, 2.75) is 116 Å². The van der Waals surface area contributed by atoms with E-state index in [1.807, 2.05) is 19.9 Å². The number of aliphatic hydroxyl groups excluding tert-OH is 2. The highest BCUT2D eigenvalue weighted by molar-refractivity contribution is 5.93. The Hall–Kier alpha value is -2.79. The maximum Gasteiger partial charge on any atom is 0.408 e. The Morgan fingerprint density at radius 3 is 2.36 bits per heavy atom. The van der Waals surface area contributed by atoms with Crippen molar-refractivity contribution in [3.05, 3.63) is 47.0 Å². The highest BCUT2D eigenvalue weighted by Crippen LogP contribution is 2.61. The molecule has 9 atom stereocenters. The lowest BCUT2D eigenvalue weighted by molar-refractivity contribution is -0.243. The van der Waals surface area contributed by atoms with Crippen LogP contribution < -0.4 is 5.32 Å². The number of fused-ring (bicyclic) bond motifs is 5. The van der Waals surface area contributed by atoms with E-state index in [1.165, 1.54) is 0 Å². The maximum atomic E-state index is 14.1. The number of alkyl carbamates (subject to hydrolysis) is 1. The highest BCUT2D eigenvalue weighted by atomic mass is 16.6. The van der Waals surface area contributed by atoms with Gasteiger partial charge in [0.05, 0.1) is 42.3 Å². The molecule has 1 aromatic rings. The Labute approximate surface area is 259 Å². The van der Waals surface area contributed by atoms with Crippen molar-refractivity contribution in [3.8, 4) is 0 Å². The summed E-state index contributed by atoms with van der Waals surface area (Å²) in [6.45, 7) is 12.7. The van der Waals surface area contributed by atoms with Crippen LogP contribution in [0.4, 0.5) is 4.79 Å². The first-order chi connectivity index (χ1) is 20.4. The van der Waals surface area contributed by atoms with E-state index >= 15 is 0 Å². The number of hydrogen-bond donors (Lipinski definition) is 4. The van der Waals surface area contributed by atoms with Gasteiger partial charge in [0.15, 0.2) is 5.78 Å².